The smallest absolute Gasteiger partial charge is 0.181 e. The molecule has 0 aliphatic heterocycles. The molecule has 0 amide bonds. The third-order valence-corrected chi connectivity index (χ3v) is 5.40. The molecule has 0 fully saturated rings. The van der Waals surface area contributed by atoms with E-state index in [4.69, 9.17) is 4.98 Å². The van der Waals surface area contributed by atoms with Crippen LogP contribution in [-0.2, 0) is 0 Å². The molecule has 5 aromatic rings. The molecule has 0 aliphatic rings. The van der Waals surface area contributed by atoms with Crippen molar-refractivity contribution in [3.05, 3.63) is 78.7 Å². The fourth-order valence-corrected chi connectivity index (χ4v) is 3.90. The van der Waals surface area contributed by atoms with Crippen LogP contribution in [0.25, 0.3) is 45.0 Å². The molecule has 0 saturated heterocycles. The van der Waals surface area contributed by atoms with Gasteiger partial charge in [-0.1, -0.05) is 24.8 Å². The van der Waals surface area contributed by atoms with E-state index in [0.29, 0.717) is 17.1 Å². The van der Waals surface area contributed by atoms with Gasteiger partial charge >= 0.3 is 0 Å². The molecule has 8 nitrogen and oxygen atoms in total. The second-order valence-corrected chi connectivity index (χ2v) is 7.52. The molecule has 0 bridgehead atoms. The minimum absolute atomic E-state index is 0.620. The van der Waals surface area contributed by atoms with E-state index in [1.54, 1.807) is 18.6 Å². The summed E-state index contributed by atoms with van der Waals surface area (Å²) in [4.78, 5) is 21.4. The van der Waals surface area contributed by atoms with Gasteiger partial charge in [0.05, 0.1) is 23.1 Å². The van der Waals surface area contributed by atoms with Crippen molar-refractivity contribution in [2.24, 2.45) is 0 Å². The van der Waals surface area contributed by atoms with Gasteiger partial charge in [0, 0.05) is 24.2 Å². The summed E-state index contributed by atoms with van der Waals surface area (Å²) in [5, 5.41) is 8.35. The maximum Gasteiger partial charge on any atom is 0.181 e. The summed E-state index contributed by atoms with van der Waals surface area (Å²) in [5.41, 5.74) is 7.91. The number of pyridine rings is 2. The number of imidazole rings is 2. The van der Waals surface area contributed by atoms with Gasteiger partial charge < -0.3 is 9.55 Å². The van der Waals surface area contributed by atoms with E-state index in [0.717, 1.165) is 44.7 Å². The number of rotatable bonds is 5. The first kappa shape index (κ1) is 19.6. The first-order valence-corrected chi connectivity index (χ1v) is 10.3. The topological polar surface area (TPSA) is 101 Å². The van der Waals surface area contributed by atoms with Gasteiger partial charge in [0.25, 0.3) is 0 Å². The van der Waals surface area contributed by atoms with Crippen molar-refractivity contribution in [1.29, 1.82) is 0 Å². The lowest BCUT2D eigenvalue weighted by molar-refractivity contribution is 1.06. The van der Waals surface area contributed by atoms with Crippen LogP contribution >= 0.6 is 0 Å². The Morgan fingerprint density at radius 2 is 2.06 bits per heavy atom. The molecule has 158 valence electrons. The fraction of sp³-hybridized carbons (Fsp3) is 0.125. The van der Waals surface area contributed by atoms with E-state index >= 15 is 0 Å². The molecule has 0 aromatic carbocycles. The largest absolute Gasteiger partial charge is 0.334 e. The van der Waals surface area contributed by atoms with Crippen LogP contribution in [0.15, 0.2) is 67.4 Å². The lowest BCUT2D eigenvalue weighted by Gasteiger charge is -2.07. The van der Waals surface area contributed by atoms with Gasteiger partial charge in [-0.25, -0.2) is 19.9 Å². The molecule has 0 atom stereocenters. The van der Waals surface area contributed by atoms with Crippen molar-refractivity contribution in [3.63, 3.8) is 0 Å². The summed E-state index contributed by atoms with van der Waals surface area (Å²) in [6, 6.07) is 4.01. The number of aryl methyl sites for hydroxylation is 1. The zero-order valence-corrected chi connectivity index (χ0v) is 18.1. The van der Waals surface area contributed by atoms with Gasteiger partial charge in [-0.05, 0) is 44.1 Å². The Hall–Kier alpha value is -4.33. The molecular weight excluding hydrogens is 400 g/mol. The minimum atomic E-state index is 0.620. The standard InChI is InChI=1S/C24H22N8/c1-5-7-14(3)17(6-2)16-10-18-20(30-31-22(18)26-11-16)24-28-21-19(8-9-25-23(21)29-24)32-12-15(4)27-13-32/h5-13H,1H2,2-4H3,(H,25,28,29)(H,26,30,31)/b14-7-,17-6+. The number of allylic oxidation sites excluding steroid dienone is 5. The SMILES string of the molecule is C=C/C=C(C)\C(=C/C)c1cnc2n[nH]c(-c3nc4nccc(-n5cnc(C)c5)c4[nH]3)c2c1. The number of aromatic amines is 2. The van der Waals surface area contributed by atoms with E-state index in [1.807, 2.05) is 43.0 Å². The minimum Gasteiger partial charge on any atom is -0.334 e. The highest BCUT2D eigenvalue weighted by Gasteiger charge is 2.17. The highest BCUT2D eigenvalue weighted by molar-refractivity contribution is 5.94. The highest BCUT2D eigenvalue weighted by atomic mass is 15.2. The molecule has 0 aliphatic carbocycles. The van der Waals surface area contributed by atoms with Gasteiger partial charge in [0.1, 0.15) is 11.2 Å². The lowest BCUT2D eigenvalue weighted by Crippen LogP contribution is -1.92. The van der Waals surface area contributed by atoms with Gasteiger partial charge in [0.15, 0.2) is 17.1 Å². The summed E-state index contributed by atoms with van der Waals surface area (Å²) in [6.45, 7) is 9.83. The number of hydrogen-bond donors (Lipinski definition) is 2. The molecule has 8 heteroatoms. The Kier molecular flexibility index (Phi) is 4.74. The summed E-state index contributed by atoms with van der Waals surface area (Å²) in [6.07, 6.45) is 13.2. The zero-order valence-electron chi connectivity index (χ0n) is 18.1. The predicted molar refractivity (Wildman–Crippen MR) is 126 cm³/mol. The van der Waals surface area contributed by atoms with Gasteiger partial charge in [-0.15, -0.1) is 0 Å². The van der Waals surface area contributed by atoms with Gasteiger partial charge in [-0.3, -0.25) is 5.10 Å². The van der Waals surface area contributed by atoms with Gasteiger partial charge in [-0.2, -0.15) is 5.10 Å². The van der Waals surface area contributed by atoms with Crippen LogP contribution in [-0.4, -0.2) is 39.7 Å². The van der Waals surface area contributed by atoms with Crippen molar-refractivity contribution < 1.29 is 0 Å². The molecule has 0 radical (unpaired) electrons. The zero-order chi connectivity index (χ0) is 22.2. The number of fused-ring (bicyclic) bond motifs is 2. The lowest BCUT2D eigenvalue weighted by atomic mass is 9.99. The summed E-state index contributed by atoms with van der Waals surface area (Å²) in [5.74, 6) is 0.652. The molecule has 0 unspecified atom stereocenters. The molecular formula is C24H22N8. The molecule has 2 N–H and O–H groups in total. The van der Waals surface area contributed by atoms with Crippen LogP contribution in [0.3, 0.4) is 0 Å². The second-order valence-electron chi connectivity index (χ2n) is 7.52. The van der Waals surface area contributed by atoms with Gasteiger partial charge in [0.2, 0.25) is 0 Å². The van der Waals surface area contributed by atoms with Crippen LogP contribution in [0.2, 0.25) is 0 Å². The third-order valence-electron chi connectivity index (χ3n) is 5.40. The van der Waals surface area contributed by atoms with E-state index in [1.165, 1.54) is 0 Å². The monoisotopic (exact) mass is 422 g/mol. The first-order chi connectivity index (χ1) is 15.6. The third kappa shape index (κ3) is 3.22. The number of H-pyrrole nitrogens is 2. The van der Waals surface area contributed by atoms with Crippen LogP contribution in [0.4, 0.5) is 0 Å². The Morgan fingerprint density at radius 3 is 2.81 bits per heavy atom. The summed E-state index contributed by atoms with van der Waals surface area (Å²) < 4.78 is 1.96. The Morgan fingerprint density at radius 1 is 1.19 bits per heavy atom. The highest BCUT2D eigenvalue weighted by Crippen LogP contribution is 2.30. The Labute approximate surface area is 184 Å². The van der Waals surface area contributed by atoms with Crippen molar-refractivity contribution in [2.75, 3.05) is 0 Å². The molecule has 5 aromatic heterocycles. The van der Waals surface area contributed by atoms with Crippen molar-refractivity contribution in [1.82, 2.24) is 39.7 Å². The van der Waals surface area contributed by atoms with E-state index in [2.05, 4.69) is 55.8 Å². The van der Waals surface area contributed by atoms with Crippen LogP contribution in [0.5, 0.6) is 0 Å². The summed E-state index contributed by atoms with van der Waals surface area (Å²) >= 11 is 0. The van der Waals surface area contributed by atoms with Crippen LogP contribution < -0.4 is 0 Å². The van der Waals surface area contributed by atoms with Crippen LogP contribution in [0, 0.1) is 6.92 Å². The molecule has 5 heterocycles. The quantitative estimate of drug-likeness (QED) is 0.391. The normalized spacial score (nSPS) is 12.7. The maximum absolute atomic E-state index is 4.72. The number of nitrogens with one attached hydrogen (secondary N) is 2. The predicted octanol–water partition coefficient (Wildman–Crippen LogP) is 4.93. The number of hydrogen-bond acceptors (Lipinski definition) is 5. The average Bonchev–Trinajstić information content (AvgIpc) is 3.51. The molecule has 32 heavy (non-hydrogen) atoms. The molecule has 0 spiro atoms. The van der Waals surface area contributed by atoms with Crippen LogP contribution in [0.1, 0.15) is 25.1 Å². The Balaban J connectivity index is 1.65. The van der Waals surface area contributed by atoms with Crippen molar-refractivity contribution in [3.8, 4) is 17.2 Å². The van der Waals surface area contributed by atoms with Crippen molar-refractivity contribution >= 4 is 27.8 Å². The van der Waals surface area contributed by atoms with E-state index < -0.39 is 0 Å². The fourth-order valence-electron chi connectivity index (χ4n) is 3.90. The first-order valence-electron chi connectivity index (χ1n) is 10.3. The van der Waals surface area contributed by atoms with E-state index in [-0.39, 0.29) is 0 Å². The second kappa shape index (κ2) is 7.73. The molecule has 5 rings (SSSR count). The Bertz CT molecular complexity index is 1530. The number of nitrogens with zero attached hydrogens (tertiary/aromatic N) is 6. The summed E-state index contributed by atoms with van der Waals surface area (Å²) in [7, 11) is 0. The number of aromatic nitrogens is 8. The van der Waals surface area contributed by atoms with E-state index in [9.17, 15) is 0 Å². The average molecular weight is 422 g/mol. The van der Waals surface area contributed by atoms with Crippen molar-refractivity contribution in [2.45, 2.75) is 20.8 Å². The molecule has 0 saturated carbocycles. The maximum atomic E-state index is 4.72.